The molecule has 0 aromatic heterocycles. The summed E-state index contributed by atoms with van der Waals surface area (Å²) in [6.07, 6.45) is 0. The summed E-state index contributed by atoms with van der Waals surface area (Å²) in [4.78, 5) is 12.1. The number of anilines is 3. The topological polar surface area (TPSA) is 82.6 Å². The largest absolute Gasteiger partial charge is 0.508 e. The van der Waals surface area contributed by atoms with E-state index >= 15 is 0 Å². The van der Waals surface area contributed by atoms with Gasteiger partial charge in [-0.25, -0.2) is 4.79 Å². The Morgan fingerprint density at radius 1 is 0.926 bits per heavy atom. The minimum atomic E-state index is -0.309. The van der Waals surface area contributed by atoms with Gasteiger partial charge in [0.15, 0.2) is 6.73 Å². The molecule has 0 heterocycles. The fourth-order valence-electron chi connectivity index (χ4n) is 2.44. The van der Waals surface area contributed by atoms with Crippen LogP contribution in [0.2, 0.25) is 0 Å². The first-order chi connectivity index (χ1) is 13.1. The van der Waals surface area contributed by atoms with E-state index in [4.69, 9.17) is 4.74 Å². The first-order valence-electron chi connectivity index (χ1n) is 8.49. The molecule has 0 spiro atoms. The van der Waals surface area contributed by atoms with Crippen LogP contribution in [0, 0.1) is 6.92 Å². The molecule has 0 saturated carbocycles. The third kappa shape index (κ3) is 5.40. The van der Waals surface area contributed by atoms with Gasteiger partial charge in [-0.2, -0.15) is 0 Å². The smallest absolute Gasteiger partial charge is 0.323 e. The number of para-hydroxylation sites is 1. The number of urea groups is 1. The number of ether oxygens (including phenoxy) is 1. The molecule has 0 aliphatic rings. The molecule has 0 radical (unpaired) electrons. The molecule has 0 bridgehead atoms. The van der Waals surface area contributed by atoms with Gasteiger partial charge in [0, 0.05) is 17.1 Å². The summed E-state index contributed by atoms with van der Waals surface area (Å²) in [5, 5.41) is 18.1. The molecular weight excluding hydrogens is 342 g/mol. The molecule has 3 aromatic rings. The Bertz CT molecular complexity index is 896. The second kappa shape index (κ2) is 8.62. The Morgan fingerprint density at radius 2 is 1.63 bits per heavy atom. The number of aromatic hydroxyl groups is 1. The lowest BCUT2D eigenvalue weighted by Crippen LogP contribution is -2.19. The summed E-state index contributed by atoms with van der Waals surface area (Å²) in [5.74, 6) is 0.841. The van der Waals surface area contributed by atoms with E-state index in [9.17, 15) is 9.90 Å². The van der Waals surface area contributed by atoms with Gasteiger partial charge in [-0.1, -0.05) is 24.3 Å². The molecule has 2 amide bonds. The van der Waals surface area contributed by atoms with E-state index in [0.29, 0.717) is 11.4 Å². The average molecular weight is 363 g/mol. The Labute approximate surface area is 157 Å². The van der Waals surface area contributed by atoms with E-state index in [0.717, 1.165) is 16.9 Å². The van der Waals surface area contributed by atoms with Gasteiger partial charge in [-0.05, 0) is 61.0 Å². The molecule has 4 N–H and O–H groups in total. The van der Waals surface area contributed by atoms with Gasteiger partial charge < -0.3 is 25.8 Å². The molecule has 27 heavy (non-hydrogen) atoms. The molecule has 138 valence electrons. The van der Waals surface area contributed by atoms with Crippen molar-refractivity contribution in [3.63, 3.8) is 0 Å². The zero-order chi connectivity index (χ0) is 19.1. The highest BCUT2D eigenvalue weighted by Crippen LogP contribution is 2.21. The highest BCUT2D eigenvalue weighted by molar-refractivity contribution is 6.00. The molecule has 3 aromatic carbocycles. The fraction of sp³-hybridized carbons (Fsp3) is 0.0952. The number of hydrogen-bond acceptors (Lipinski definition) is 4. The van der Waals surface area contributed by atoms with E-state index < -0.39 is 0 Å². The van der Waals surface area contributed by atoms with Crippen LogP contribution >= 0.6 is 0 Å². The minimum Gasteiger partial charge on any atom is -0.508 e. The van der Waals surface area contributed by atoms with Crippen LogP contribution < -0.4 is 20.7 Å². The van der Waals surface area contributed by atoms with Gasteiger partial charge in [0.1, 0.15) is 11.5 Å². The highest BCUT2D eigenvalue weighted by Gasteiger charge is 2.05. The van der Waals surface area contributed by atoms with E-state index in [1.54, 1.807) is 24.3 Å². The fourth-order valence-corrected chi connectivity index (χ4v) is 2.44. The first kappa shape index (κ1) is 18.1. The summed E-state index contributed by atoms with van der Waals surface area (Å²) in [5.41, 5.74) is 3.27. The summed E-state index contributed by atoms with van der Waals surface area (Å²) in [6.45, 7) is 2.22. The van der Waals surface area contributed by atoms with Gasteiger partial charge in [0.2, 0.25) is 0 Å². The number of phenolic OH excluding ortho intramolecular Hbond substituents is 1. The molecular formula is C21H21N3O3. The number of amides is 2. The maximum Gasteiger partial charge on any atom is 0.323 e. The zero-order valence-corrected chi connectivity index (χ0v) is 14.9. The number of hydrogen-bond donors (Lipinski definition) is 4. The van der Waals surface area contributed by atoms with E-state index in [-0.39, 0.29) is 18.5 Å². The van der Waals surface area contributed by atoms with Gasteiger partial charge in [-0.3, -0.25) is 0 Å². The van der Waals surface area contributed by atoms with Crippen molar-refractivity contribution in [3.05, 3.63) is 78.4 Å². The highest BCUT2D eigenvalue weighted by atomic mass is 16.5. The molecule has 0 aliphatic heterocycles. The van der Waals surface area contributed by atoms with Crippen LogP contribution in [0.1, 0.15) is 5.56 Å². The van der Waals surface area contributed by atoms with Gasteiger partial charge >= 0.3 is 6.03 Å². The maximum atomic E-state index is 12.1. The average Bonchev–Trinajstić information content (AvgIpc) is 2.66. The molecule has 3 rings (SSSR count). The normalized spacial score (nSPS) is 10.1. The van der Waals surface area contributed by atoms with Crippen LogP contribution in [0.3, 0.4) is 0 Å². The molecule has 0 atom stereocenters. The number of benzene rings is 3. The third-order valence-electron chi connectivity index (χ3n) is 3.87. The second-order valence-corrected chi connectivity index (χ2v) is 5.93. The molecule has 6 nitrogen and oxygen atoms in total. The van der Waals surface area contributed by atoms with Gasteiger partial charge in [0.25, 0.3) is 0 Å². The van der Waals surface area contributed by atoms with Crippen molar-refractivity contribution in [2.24, 2.45) is 0 Å². The van der Waals surface area contributed by atoms with Crippen molar-refractivity contribution in [2.45, 2.75) is 6.92 Å². The van der Waals surface area contributed by atoms with Crippen LogP contribution in [0.4, 0.5) is 21.9 Å². The van der Waals surface area contributed by atoms with Crippen molar-refractivity contribution >= 4 is 23.1 Å². The number of nitrogens with one attached hydrogen (secondary N) is 3. The summed E-state index contributed by atoms with van der Waals surface area (Å²) >= 11 is 0. The minimum absolute atomic E-state index is 0.193. The number of phenols is 1. The molecule has 0 fully saturated rings. The number of rotatable bonds is 6. The Balaban J connectivity index is 1.56. The zero-order valence-electron chi connectivity index (χ0n) is 14.9. The predicted molar refractivity (Wildman–Crippen MR) is 107 cm³/mol. The lowest BCUT2D eigenvalue weighted by atomic mass is 10.2. The van der Waals surface area contributed by atoms with Crippen molar-refractivity contribution in [2.75, 3.05) is 22.7 Å². The molecule has 0 saturated heterocycles. The predicted octanol–water partition coefficient (Wildman–Crippen LogP) is 4.79. The van der Waals surface area contributed by atoms with Crippen LogP contribution in [-0.4, -0.2) is 17.9 Å². The van der Waals surface area contributed by atoms with Crippen LogP contribution in [0.15, 0.2) is 72.8 Å². The van der Waals surface area contributed by atoms with Crippen LogP contribution in [-0.2, 0) is 0 Å². The van der Waals surface area contributed by atoms with E-state index in [1.807, 2.05) is 55.5 Å². The Morgan fingerprint density at radius 3 is 2.37 bits per heavy atom. The summed E-state index contributed by atoms with van der Waals surface area (Å²) in [7, 11) is 0. The maximum absolute atomic E-state index is 12.1. The van der Waals surface area contributed by atoms with E-state index in [1.165, 1.54) is 0 Å². The molecule has 0 unspecified atom stereocenters. The first-order valence-corrected chi connectivity index (χ1v) is 8.49. The standard InChI is InChI=1S/C21H21N3O3/c1-15-7-8-17(24-21(26)23-16-5-3-2-4-6-16)13-20(15)22-14-27-19-11-9-18(25)10-12-19/h2-13,22,25H,14H2,1H3,(H2,23,24,26). The van der Waals surface area contributed by atoms with Crippen LogP contribution in [0.5, 0.6) is 11.5 Å². The van der Waals surface area contributed by atoms with Gasteiger partial charge in [-0.15, -0.1) is 0 Å². The number of carbonyl (C=O) groups is 1. The summed E-state index contributed by atoms with van der Waals surface area (Å²) < 4.78 is 5.60. The summed E-state index contributed by atoms with van der Waals surface area (Å²) in [6, 6.07) is 21.1. The van der Waals surface area contributed by atoms with Crippen molar-refractivity contribution in [1.29, 1.82) is 0 Å². The molecule has 0 aliphatic carbocycles. The second-order valence-electron chi connectivity index (χ2n) is 5.93. The van der Waals surface area contributed by atoms with Crippen LogP contribution in [0.25, 0.3) is 0 Å². The Kier molecular flexibility index (Phi) is 5.79. The lowest BCUT2D eigenvalue weighted by Gasteiger charge is -2.14. The van der Waals surface area contributed by atoms with Crippen molar-refractivity contribution in [3.8, 4) is 11.5 Å². The number of carbonyl (C=O) groups excluding carboxylic acids is 1. The lowest BCUT2D eigenvalue weighted by molar-refractivity contribution is 0.262. The monoisotopic (exact) mass is 363 g/mol. The number of aryl methyl sites for hydroxylation is 1. The third-order valence-corrected chi connectivity index (χ3v) is 3.87. The SMILES string of the molecule is Cc1ccc(NC(=O)Nc2ccccc2)cc1NCOc1ccc(O)cc1. The Hall–Kier alpha value is -3.67. The van der Waals surface area contributed by atoms with Gasteiger partial charge in [0.05, 0.1) is 0 Å². The van der Waals surface area contributed by atoms with E-state index in [2.05, 4.69) is 16.0 Å². The molecule has 6 heteroatoms. The van der Waals surface area contributed by atoms with Crippen molar-refractivity contribution in [1.82, 2.24) is 0 Å². The van der Waals surface area contributed by atoms with Crippen molar-refractivity contribution < 1.29 is 14.6 Å². The quantitative estimate of drug-likeness (QED) is 0.475.